The van der Waals surface area contributed by atoms with Gasteiger partial charge in [-0.25, -0.2) is 9.78 Å². The fourth-order valence-corrected chi connectivity index (χ4v) is 3.13. The molecule has 0 N–H and O–H groups in total. The van der Waals surface area contributed by atoms with Crippen LogP contribution in [0.4, 0.5) is 0 Å². The van der Waals surface area contributed by atoms with Gasteiger partial charge in [0, 0.05) is 6.42 Å². The zero-order valence-electron chi connectivity index (χ0n) is 16.2. The summed E-state index contributed by atoms with van der Waals surface area (Å²) in [6.07, 6.45) is 11.2. The third kappa shape index (κ3) is 8.11. The lowest BCUT2D eigenvalue weighted by Crippen LogP contribution is -2.38. The number of allylic oxidation sites excluding steroid dienone is 2. The molecule has 1 aliphatic carbocycles. The van der Waals surface area contributed by atoms with Gasteiger partial charge in [-0.1, -0.05) is 52.3 Å². The highest BCUT2D eigenvalue weighted by molar-refractivity contribution is 5.72. The molecule has 138 valence electrons. The molecule has 0 aromatic rings. The fourth-order valence-electron chi connectivity index (χ4n) is 3.13. The minimum Gasteiger partial charge on any atom is -0.460 e. The summed E-state index contributed by atoms with van der Waals surface area (Å²) in [5.74, 6) is -0.261. The standard InChI is InChI=1S/C20H34O4/c1-7-8-14-22-24-20(12-10-9-11-13-20)15-17(21)23-19(5,6)16-18(2,3)4/h9-12H,7-8,13-16H2,1-6H3. The Morgan fingerprint density at radius 1 is 1.17 bits per heavy atom. The maximum absolute atomic E-state index is 12.5. The first kappa shape index (κ1) is 20.9. The second-order valence-electron chi connectivity index (χ2n) is 8.46. The molecule has 0 amide bonds. The van der Waals surface area contributed by atoms with Crippen LogP contribution in [-0.4, -0.2) is 23.8 Å². The predicted molar refractivity (Wildman–Crippen MR) is 96.4 cm³/mol. The first-order valence-corrected chi connectivity index (χ1v) is 8.94. The highest BCUT2D eigenvalue weighted by Crippen LogP contribution is 2.32. The van der Waals surface area contributed by atoms with Crippen LogP contribution in [0.1, 0.15) is 73.6 Å². The number of ether oxygens (including phenoxy) is 1. The molecule has 0 saturated carbocycles. The summed E-state index contributed by atoms with van der Waals surface area (Å²) >= 11 is 0. The zero-order chi connectivity index (χ0) is 18.3. The number of unbranched alkanes of at least 4 members (excludes halogenated alkanes) is 1. The van der Waals surface area contributed by atoms with Crippen LogP contribution >= 0.6 is 0 Å². The topological polar surface area (TPSA) is 44.8 Å². The molecular formula is C20H34O4. The second-order valence-corrected chi connectivity index (χ2v) is 8.46. The summed E-state index contributed by atoms with van der Waals surface area (Å²) in [5, 5.41) is 0. The molecule has 1 rings (SSSR count). The quantitative estimate of drug-likeness (QED) is 0.253. The lowest BCUT2D eigenvalue weighted by molar-refractivity contribution is -0.349. The molecule has 1 unspecified atom stereocenters. The van der Waals surface area contributed by atoms with Gasteiger partial charge >= 0.3 is 5.97 Å². The number of hydrogen-bond donors (Lipinski definition) is 0. The van der Waals surface area contributed by atoms with E-state index < -0.39 is 11.2 Å². The zero-order valence-corrected chi connectivity index (χ0v) is 16.2. The van der Waals surface area contributed by atoms with Gasteiger partial charge in [-0.15, -0.1) is 0 Å². The van der Waals surface area contributed by atoms with Crippen molar-refractivity contribution < 1.29 is 19.3 Å². The molecule has 0 aromatic heterocycles. The maximum atomic E-state index is 12.5. The number of hydrogen-bond acceptors (Lipinski definition) is 4. The number of carbonyl (C=O) groups is 1. The van der Waals surface area contributed by atoms with Gasteiger partial charge in [-0.05, 0) is 38.2 Å². The van der Waals surface area contributed by atoms with Crippen LogP contribution in [0, 0.1) is 5.41 Å². The predicted octanol–water partition coefficient (Wildman–Crippen LogP) is 5.14. The number of rotatable bonds is 9. The first-order valence-electron chi connectivity index (χ1n) is 8.94. The molecule has 0 spiro atoms. The highest BCUT2D eigenvalue weighted by Gasteiger charge is 2.36. The van der Waals surface area contributed by atoms with Gasteiger partial charge in [0.25, 0.3) is 0 Å². The smallest absolute Gasteiger partial charge is 0.309 e. The lowest BCUT2D eigenvalue weighted by atomic mass is 9.83. The van der Waals surface area contributed by atoms with E-state index in [-0.39, 0.29) is 17.8 Å². The van der Waals surface area contributed by atoms with E-state index in [1.807, 2.05) is 38.2 Å². The van der Waals surface area contributed by atoms with Crippen LogP contribution in [0.2, 0.25) is 0 Å². The molecule has 1 aliphatic rings. The van der Waals surface area contributed by atoms with E-state index in [2.05, 4.69) is 27.7 Å². The van der Waals surface area contributed by atoms with Gasteiger partial charge < -0.3 is 4.74 Å². The minimum atomic E-state index is -0.766. The molecule has 0 radical (unpaired) electrons. The van der Waals surface area contributed by atoms with Crippen molar-refractivity contribution in [1.82, 2.24) is 0 Å². The molecule has 0 aliphatic heterocycles. The molecule has 4 nitrogen and oxygen atoms in total. The van der Waals surface area contributed by atoms with Crippen LogP contribution in [0.3, 0.4) is 0 Å². The van der Waals surface area contributed by atoms with E-state index in [0.717, 1.165) is 19.3 Å². The van der Waals surface area contributed by atoms with Crippen molar-refractivity contribution in [2.45, 2.75) is 84.8 Å². The Kier molecular flexibility index (Phi) is 7.68. The van der Waals surface area contributed by atoms with Crippen molar-refractivity contribution in [1.29, 1.82) is 0 Å². The summed E-state index contributed by atoms with van der Waals surface area (Å²) in [5.41, 5.74) is -1.18. The molecule has 0 aromatic carbocycles. The average Bonchev–Trinajstić information content (AvgIpc) is 2.41. The van der Waals surface area contributed by atoms with E-state index in [4.69, 9.17) is 14.5 Å². The van der Waals surface area contributed by atoms with Crippen LogP contribution in [0.25, 0.3) is 0 Å². The van der Waals surface area contributed by atoms with Gasteiger partial charge in [0.05, 0.1) is 13.0 Å². The normalized spacial score (nSPS) is 21.1. The van der Waals surface area contributed by atoms with Crippen LogP contribution in [0.15, 0.2) is 24.3 Å². The molecular weight excluding hydrogens is 304 g/mol. The largest absolute Gasteiger partial charge is 0.460 e. The fraction of sp³-hybridized carbons (Fsp3) is 0.750. The summed E-state index contributed by atoms with van der Waals surface area (Å²) in [6, 6.07) is 0. The van der Waals surface area contributed by atoms with Gasteiger partial charge in [0.2, 0.25) is 0 Å². The van der Waals surface area contributed by atoms with E-state index in [9.17, 15) is 4.79 Å². The summed E-state index contributed by atoms with van der Waals surface area (Å²) in [7, 11) is 0. The summed E-state index contributed by atoms with van der Waals surface area (Å²) in [6.45, 7) is 13.0. The summed E-state index contributed by atoms with van der Waals surface area (Å²) < 4.78 is 5.74. The van der Waals surface area contributed by atoms with E-state index in [1.165, 1.54) is 0 Å². The monoisotopic (exact) mass is 338 g/mol. The van der Waals surface area contributed by atoms with Crippen molar-refractivity contribution in [2.75, 3.05) is 6.61 Å². The first-order chi connectivity index (χ1) is 11.1. The highest BCUT2D eigenvalue weighted by atomic mass is 17.2. The minimum absolute atomic E-state index is 0.0920. The molecule has 0 heterocycles. The molecule has 1 atom stereocenters. The van der Waals surface area contributed by atoms with Gasteiger partial charge in [-0.2, -0.15) is 0 Å². The van der Waals surface area contributed by atoms with Crippen molar-refractivity contribution in [2.24, 2.45) is 5.41 Å². The van der Waals surface area contributed by atoms with Gasteiger partial charge in [-0.3, -0.25) is 4.79 Å². The Labute approximate surface area is 147 Å². The SMILES string of the molecule is CCCCOOC1(CC(=O)OC(C)(C)CC(C)(C)C)C=CC=CC1. The molecule has 24 heavy (non-hydrogen) atoms. The Bertz CT molecular complexity index is 457. The number of carbonyl (C=O) groups excluding carboxylic acids is 1. The van der Waals surface area contributed by atoms with Crippen LogP contribution in [0.5, 0.6) is 0 Å². The Hall–Kier alpha value is -1.13. The van der Waals surface area contributed by atoms with Gasteiger partial charge in [0.15, 0.2) is 0 Å². The Morgan fingerprint density at radius 2 is 1.88 bits per heavy atom. The molecule has 0 bridgehead atoms. The lowest BCUT2D eigenvalue weighted by Gasteiger charge is -2.34. The third-order valence-electron chi connectivity index (χ3n) is 3.71. The molecule has 0 fully saturated rings. The van der Waals surface area contributed by atoms with E-state index in [0.29, 0.717) is 13.0 Å². The van der Waals surface area contributed by atoms with Crippen molar-refractivity contribution >= 4 is 5.97 Å². The van der Waals surface area contributed by atoms with E-state index in [1.54, 1.807) is 0 Å². The average molecular weight is 338 g/mol. The maximum Gasteiger partial charge on any atom is 0.309 e. The van der Waals surface area contributed by atoms with Crippen molar-refractivity contribution in [3.05, 3.63) is 24.3 Å². The Balaban J connectivity index is 2.64. The van der Waals surface area contributed by atoms with Gasteiger partial charge in [0.1, 0.15) is 11.2 Å². The second kappa shape index (κ2) is 8.82. The summed E-state index contributed by atoms with van der Waals surface area (Å²) in [4.78, 5) is 23.4. The third-order valence-corrected chi connectivity index (χ3v) is 3.71. The van der Waals surface area contributed by atoms with Crippen molar-refractivity contribution in [3.63, 3.8) is 0 Å². The van der Waals surface area contributed by atoms with Crippen LogP contribution in [-0.2, 0) is 19.3 Å². The molecule has 0 saturated heterocycles. The van der Waals surface area contributed by atoms with Crippen LogP contribution < -0.4 is 0 Å². The number of esters is 1. The van der Waals surface area contributed by atoms with E-state index >= 15 is 0 Å². The molecule has 4 heteroatoms. The Morgan fingerprint density at radius 3 is 2.42 bits per heavy atom. The van der Waals surface area contributed by atoms with Crippen molar-refractivity contribution in [3.8, 4) is 0 Å².